The monoisotopic (exact) mass is 380 g/mol. The summed E-state index contributed by atoms with van der Waals surface area (Å²) in [7, 11) is 0. The van der Waals surface area contributed by atoms with Crippen LogP contribution >= 0.6 is 0 Å². The molecule has 0 fully saturated rings. The number of anilines is 1. The molecule has 0 spiro atoms. The Balaban J connectivity index is 1.79. The van der Waals surface area contributed by atoms with Crippen LogP contribution < -0.4 is 15.0 Å². The molecule has 2 amide bonds. The van der Waals surface area contributed by atoms with Gasteiger partial charge in [-0.15, -0.1) is 0 Å². The van der Waals surface area contributed by atoms with Crippen molar-refractivity contribution in [1.82, 2.24) is 15.3 Å². The number of hydrogen-bond donors (Lipinski definition) is 1. The molecule has 0 aliphatic heterocycles. The number of urea groups is 1. The lowest BCUT2D eigenvalue weighted by Crippen LogP contribution is -2.40. The van der Waals surface area contributed by atoms with Crippen molar-refractivity contribution in [2.45, 2.75) is 19.9 Å². The second-order valence-corrected chi connectivity index (χ2v) is 6.03. The summed E-state index contributed by atoms with van der Waals surface area (Å²) in [6.45, 7) is 2.85. The van der Waals surface area contributed by atoms with Crippen LogP contribution in [0.2, 0.25) is 0 Å². The number of ether oxygens (including phenoxy) is 1. The minimum absolute atomic E-state index is 0.0915. The maximum Gasteiger partial charge on any atom is 0.322 e. The van der Waals surface area contributed by atoms with Crippen molar-refractivity contribution in [2.24, 2.45) is 0 Å². The lowest BCUT2D eigenvalue weighted by Gasteiger charge is -2.22. The molecule has 1 aromatic carbocycles. The van der Waals surface area contributed by atoms with Crippen LogP contribution in [0, 0.1) is 5.82 Å². The molecular formula is C21H21FN4O2. The first kappa shape index (κ1) is 19.3. The summed E-state index contributed by atoms with van der Waals surface area (Å²) in [5.41, 5.74) is 1.33. The zero-order chi connectivity index (χ0) is 19.8. The van der Waals surface area contributed by atoms with Crippen LogP contribution in [-0.2, 0) is 6.54 Å². The second kappa shape index (κ2) is 9.45. The molecule has 3 rings (SSSR count). The van der Waals surface area contributed by atoms with Crippen molar-refractivity contribution in [3.8, 4) is 11.6 Å². The molecular weight excluding hydrogens is 359 g/mol. The molecule has 144 valence electrons. The molecule has 0 atom stereocenters. The van der Waals surface area contributed by atoms with Gasteiger partial charge in [-0.1, -0.05) is 25.1 Å². The average molecular weight is 380 g/mol. The van der Waals surface area contributed by atoms with Gasteiger partial charge in [0, 0.05) is 18.8 Å². The summed E-state index contributed by atoms with van der Waals surface area (Å²) < 4.78 is 19.2. The van der Waals surface area contributed by atoms with Crippen molar-refractivity contribution in [3.63, 3.8) is 0 Å². The SMILES string of the molecule is CCCNC(=O)N(Cc1ccccn1)c1ccc(Oc2ccccc2F)nc1. The summed E-state index contributed by atoms with van der Waals surface area (Å²) in [4.78, 5) is 22.7. The molecule has 6 nitrogen and oxygen atoms in total. The van der Waals surface area contributed by atoms with E-state index in [4.69, 9.17) is 4.74 Å². The highest BCUT2D eigenvalue weighted by atomic mass is 19.1. The van der Waals surface area contributed by atoms with E-state index in [9.17, 15) is 9.18 Å². The molecule has 3 aromatic rings. The number of carbonyl (C=O) groups is 1. The van der Waals surface area contributed by atoms with Gasteiger partial charge in [0.2, 0.25) is 5.88 Å². The summed E-state index contributed by atoms with van der Waals surface area (Å²) in [6.07, 6.45) is 4.03. The molecule has 0 saturated carbocycles. The number of pyridine rings is 2. The van der Waals surface area contributed by atoms with Gasteiger partial charge in [-0.3, -0.25) is 9.88 Å². The third-order valence-corrected chi connectivity index (χ3v) is 3.90. The number of para-hydroxylation sites is 1. The summed E-state index contributed by atoms with van der Waals surface area (Å²) in [5.74, 6) is -0.140. The van der Waals surface area contributed by atoms with Crippen LogP contribution in [0.4, 0.5) is 14.9 Å². The van der Waals surface area contributed by atoms with Gasteiger partial charge >= 0.3 is 6.03 Å². The Kier molecular flexibility index (Phi) is 6.51. The van der Waals surface area contributed by atoms with Crippen molar-refractivity contribution >= 4 is 11.7 Å². The zero-order valence-corrected chi connectivity index (χ0v) is 15.5. The van der Waals surface area contributed by atoms with Gasteiger partial charge in [-0.25, -0.2) is 14.2 Å². The minimum atomic E-state index is -0.468. The molecule has 2 heterocycles. The highest BCUT2D eigenvalue weighted by Gasteiger charge is 2.17. The number of nitrogens with zero attached hydrogens (tertiary/aromatic N) is 3. The Morgan fingerprint density at radius 3 is 2.61 bits per heavy atom. The quantitative estimate of drug-likeness (QED) is 0.654. The largest absolute Gasteiger partial charge is 0.436 e. The van der Waals surface area contributed by atoms with Crippen LogP contribution in [0.3, 0.4) is 0 Å². The molecule has 28 heavy (non-hydrogen) atoms. The third-order valence-electron chi connectivity index (χ3n) is 3.90. The van der Waals surface area contributed by atoms with Crippen LogP contribution in [0.5, 0.6) is 11.6 Å². The maximum absolute atomic E-state index is 13.7. The predicted molar refractivity (Wildman–Crippen MR) is 105 cm³/mol. The van der Waals surface area contributed by atoms with Gasteiger partial charge in [0.1, 0.15) is 0 Å². The predicted octanol–water partition coefficient (Wildman–Crippen LogP) is 4.53. The number of amides is 2. The number of rotatable bonds is 7. The van der Waals surface area contributed by atoms with Crippen LogP contribution in [-0.4, -0.2) is 22.5 Å². The van der Waals surface area contributed by atoms with Crippen LogP contribution in [0.15, 0.2) is 67.0 Å². The summed E-state index contributed by atoms with van der Waals surface area (Å²) in [5, 5.41) is 2.86. The molecule has 0 saturated heterocycles. The smallest absolute Gasteiger partial charge is 0.322 e. The van der Waals surface area contributed by atoms with Gasteiger partial charge < -0.3 is 10.1 Å². The number of nitrogens with one attached hydrogen (secondary N) is 1. The lowest BCUT2D eigenvalue weighted by atomic mass is 10.3. The van der Waals surface area contributed by atoms with E-state index >= 15 is 0 Å². The second-order valence-electron chi connectivity index (χ2n) is 6.03. The van der Waals surface area contributed by atoms with Gasteiger partial charge in [-0.05, 0) is 36.8 Å². The van der Waals surface area contributed by atoms with Gasteiger partial charge in [0.05, 0.1) is 24.1 Å². The van der Waals surface area contributed by atoms with E-state index in [1.54, 1.807) is 35.4 Å². The molecule has 0 bridgehead atoms. The molecule has 0 unspecified atom stereocenters. The average Bonchev–Trinajstić information content (AvgIpc) is 2.73. The summed E-state index contributed by atoms with van der Waals surface area (Å²) in [6, 6.07) is 14.7. The van der Waals surface area contributed by atoms with Crippen LogP contribution in [0.25, 0.3) is 0 Å². The van der Waals surface area contributed by atoms with E-state index in [0.29, 0.717) is 18.8 Å². The topological polar surface area (TPSA) is 67.4 Å². The normalized spacial score (nSPS) is 10.4. The highest BCUT2D eigenvalue weighted by Crippen LogP contribution is 2.24. The first-order valence-electron chi connectivity index (χ1n) is 9.01. The van der Waals surface area contributed by atoms with E-state index < -0.39 is 5.82 Å². The molecule has 0 aliphatic carbocycles. The van der Waals surface area contributed by atoms with Gasteiger partial charge in [-0.2, -0.15) is 0 Å². The Hall–Kier alpha value is -3.48. The Bertz CT molecular complexity index is 904. The summed E-state index contributed by atoms with van der Waals surface area (Å²) >= 11 is 0. The number of aromatic nitrogens is 2. The van der Waals surface area contributed by atoms with E-state index in [1.807, 2.05) is 25.1 Å². The molecule has 7 heteroatoms. The van der Waals surface area contributed by atoms with Crippen LogP contribution in [0.1, 0.15) is 19.0 Å². The van der Waals surface area contributed by atoms with Crippen molar-refractivity contribution in [1.29, 1.82) is 0 Å². The van der Waals surface area contributed by atoms with Crippen molar-refractivity contribution < 1.29 is 13.9 Å². The molecule has 0 radical (unpaired) electrons. The molecule has 2 aromatic heterocycles. The number of benzene rings is 1. The lowest BCUT2D eigenvalue weighted by molar-refractivity contribution is 0.246. The Labute approximate surface area is 163 Å². The fourth-order valence-corrected chi connectivity index (χ4v) is 2.49. The fourth-order valence-electron chi connectivity index (χ4n) is 2.49. The minimum Gasteiger partial charge on any atom is -0.436 e. The van der Waals surface area contributed by atoms with Gasteiger partial charge in [0.25, 0.3) is 0 Å². The number of hydrogen-bond acceptors (Lipinski definition) is 4. The molecule has 1 N–H and O–H groups in total. The molecule has 0 aliphatic rings. The first-order valence-corrected chi connectivity index (χ1v) is 9.01. The van der Waals surface area contributed by atoms with E-state index in [2.05, 4.69) is 15.3 Å². The van der Waals surface area contributed by atoms with E-state index in [0.717, 1.165) is 12.1 Å². The highest BCUT2D eigenvalue weighted by molar-refractivity contribution is 5.91. The first-order chi connectivity index (χ1) is 13.7. The number of carbonyl (C=O) groups excluding carboxylic acids is 1. The Morgan fingerprint density at radius 1 is 1.11 bits per heavy atom. The van der Waals surface area contributed by atoms with Gasteiger partial charge in [0.15, 0.2) is 11.6 Å². The third kappa shape index (κ3) is 5.03. The Morgan fingerprint density at radius 2 is 1.93 bits per heavy atom. The zero-order valence-electron chi connectivity index (χ0n) is 15.5. The number of halogens is 1. The van der Waals surface area contributed by atoms with Crippen molar-refractivity contribution in [3.05, 3.63) is 78.5 Å². The standard InChI is InChI=1S/C21H21FN4O2/c1-2-12-24-21(27)26(15-16-7-5-6-13-23-16)17-10-11-20(25-14-17)28-19-9-4-3-8-18(19)22/h3-11,13-14H,2,12,15H2,1H3,(H,24,27). The maximum atomic E-state index is 13.7. The fraction of sp³-hybridized carbons (Fsp3) is 0.190. The van der Waals surface area contributed by atoms with Crippen molar-refractivity contribution in [2.75, 3.05) is 11.4 Å². The van der Waals surface area contributed by atoms with E-state index in [1.165, 1.54) is 18.3 Å². The van der Waals surface area contributed by atoms with E-state index in [-0.39, 0.29) is 17.7 Å².